The monoisotopic (exact) mass is 468 g/mol. The fraction of sp³-hybridized carbons (Fsp3) is 0.567. The van der Waals surface area contributed by atoms with Crippen LogP contribution in [-0.2, 0) is 17.6 Å². The van der Waals surface area contributed by atoms with Gasteiger partial charge in [-0.3, -0.25) is 0 Å². The molecular weight excluding hydrogens is 424 g/mol. The molecule has 0 radical (unpaired) electrons. The average molecular weight is 469 g/mol. The van der Waals surface area contributed by atoms with Crippen LogP contribution in [0.5, 0.6) is 11.5 Å². The predicted molar refractivity (Wildman–Crippen MR) is 140 cm³/mol. The summed E-state index contributed by atoms with van der Waals surface area (Å²) in [5.41, 5.74) is 2.49. The van der Waals surface area contributed by atoms with Crippen LogP contribution in [0.15, 0.2) is 48.5 Å². The van der Waals surface area contributed by atoms with Crippen LogP contribution in [0.25, 0.3) is 0 Å². The number of rotatable bonds is 19. The highest BCUT2D eigenvalue weighted by Gasteiger charge is 2.21. The minimum atomic E-state index is -1.38. The summed E-state index contributed by atoms with van der Waals surface area (Å²) in [6.45, 7) is 4.47. The lowest BCUT2D eigenvalue weighted by atomic mass is 10.0. The van der Waals surface area contributed by atoms with Gasteiger partial charge in [0.1, 0.15) is 11.5 Å². The molecule has 2 rings (SSSR count). The topological polar surface area (TPSA) is 55.8 Å². The van der Waals surface area contributed by atoms with E-state index in [0.29, 0.717) is 11.5 Å². The van der Waals surface area contributed by atoms with Crippen molar-refractivity contribution in [1.82, 2.24) is 0 Å². The van der Waals surface area contributed by atoms with Gasteiger partial charge in [-0.2, -0.15) is 0 Å². The lowest BCUT2D eigenvalue weighted by Crippen LogP contribution is -2.33. The maximum absolute atomic E-state index is 11.7. The molecule has 0 saturated heterocycles. The summed E-state index contributed by atoms with van der Waals surface area (Å²) >= 11 is 0. The van der Waals surface area contributed by atoms with Crippen LogP contribution in [0.1, 0.15) is 102 Å². The van der Waals surface area contributed by atoms with Crippen molar-refractivity contribution in [2.45, 2.75) is 110 Å². The van der Waals surface area contributed by atoms with Crippen LogP contribution >= 0.6 is 0 Å². The van der Waals surface area contributed by atoms with E-state index in [-0.39, 0.29) is 0 Å². The maximum Gasteiger partial charge on any atom is 0.387 e. The van der Waals surface area contributed by atoms with Gasteiger partial charge in [0.25, 0.3) is 0 Å². The minimum Gasteiger partial charge on any atom is -0.476 e. The molecule has 0 heterocycles. The number of benzene rings is 2. The number of carbonyl (C=O) groups is 1. The number of unbranched alkanes of at least 4 members (excludes halogenated alkanes) is 10. The molecule has 0 aliphatic carbocycles. The fourth-order valence-electron chi connectivity index (χ4n) is 4.06. The Hall–Kier alpha value is -2.49. The number of hydrogen-bond donors (Lipinski definition) is 1. The highest BCUT2D eigenvalue weighted by atomic mass is 16.7. The van der Waals surface area contributed by atoms with Crippen molar-refractivity contribution < 1.29 is 19.4 Å². The van der Waals surface area contributed by atoms with Crippen LogP contribution in [-0.4, -0.2) is 17.4 Å². The molecular formula is C30H44O4. The van der Waals surface area contributed by atoms with E-state index in [1.54, 1.807) is 0 Å². The number of aliphatic carboxylic acids is 1. The molecule has 4 heteroatoms. The first kappa shape index (κ1) is 27.8. The van der Waals surface area contributed by atoms with Gasteiger partial charge in [0.2, 0.25) is 0 Å². The molecule has 0 unspecified atom stereocenters. The molecule has 1 N–H and O–H groups in total. The van der Waals surface area contributed by atoms with Gasteiger partial charge >= 0.3 is 12.3 Å². The quantitative estimate of drug-likeness (QED) is 0.166. The third-order valence-electron chi connectivity index (χ3n) is 6.17. The first-order valence-corrected chi connectivity index (χ1v) is 13.4. The van der Waals surface area contributed by atoms with Crippen molar-refractivity contribution in [1.29, 1.82) is 0 Å². The average Bonchev–Trinajstić information content (AvgIpc) is 2.85. The Morgan fingerprint density at radius 3 is 1.32 bits per heavy atom. The summed E-state index contributed by atoms with van der Waals surface area (Å²) in [4.78, 5) is 11.7. The summed E-state index contributed by atoms with van der Waals surface area (Å²) in [6.07, 6.45) is 16.0. The normalized spacial score (nSPS) is 11.0. The van der Waals surface area contributed by atoms with Gasteiger partial charge in [-0.25, -0.2) is 4.79 Å². The predicted octanol–water partition coefficient (Wildman–Crippen LogP) is 8.36. The molecule has 4 nitrogen and oxygen atoms in total. The standard InChI is InChI=1S/C30H44O4/c1-3-5-7-9-11-13-15-25-17-21-27(22-18-25)33-30(29(31)32)34-28-23-19-26(20-24-28)16-14-12-10-8-6-4-2/h17-24,30H,3-16H2,1-2H3,(H,31,32). The highest BCUT2D eigenvalue weighted by molar-refractivity contribution is 5.71. The van der Waals surface area contributed by atoms with Crippen molar-refractivity contribution in [2.75, 3.05) is 0 Å². The van der Waals surface area contributed by atoms with Crippen molar-refractivity contribution >= 4 is 5.97 Å². The second kappa shape index (κ2) is 17.0. The summed E-state index contributed by atoms with van der Waals surface area (Å²) in [7, 11) is 0. The summed E-state index contributed by atoms with van der Waals surface area (Å²) in [5.74, 6) is -0.148. The van der Waals surface area contributed by atoms with Crippen LogP contribution < -0.4 is 9.47 Å². The molecule has 2 aromatic carbocycles. The van der Waals surface area contributed by atoms with E-state index >= 15 is 0 Å². The zero-order valence-electron chi connectivity index (χ0n) is 21.3. The summed E-state index contributed by atoms with van der Waals surface area (Å²) in [5, 5.41) is 9.56. The SMILES string of the molecule is CCCCCCCCc1ccc(OC(Oc2ccc(CCCCCCCC)cc2)C(=O)O)cc1. The van der Waals surface area contributed by atoms with Crippen molar-refractivity contribution in [3.63, 3.8) is 0 Å². The van der Waals surface area contributed by atoms with Crippen LogP contribution in [0.4, 0.5) is 0 Å². The van der Waals surface area contributed by atoms with Gasteiger partial charge < -0.3 is 14.6 Å². The zero-order chi connectivity index (χ0) is 24.4. The molecule has 0 amide bonds. The second-order valence-electron chi connectivity index (χ2n) is 9.23. The lowest BCUT2D eigenvalue weighted by molar-refractivity contribution is -0.158. The highest BCUT2D eigenvalue weighted by Crippen LogP contribution is 2.20. The molecule has 0 atom stereocenters. The molecule has 0 aliphatic heterocycles. The molecule has 0 aliphatic rings. The van der Waals surface area contributed by atoms with Gasteiger partial charge in [0, 0.05) is 0 Å². The molecule has 188 valence electrons. The molecule has 0 saturated carbocycles. The molecule has 0 bridgehead atoms. The Balaban J connectivity index is 1.76. The smallest absolute Gasteiger partial charge is 0.387 e. The van der Waals surface area contributed by atoms with Gasteiger partial charge in [-0.1, -0.05) is 102 Å². The van der Waals surface area contributed by atoms with Gasteiger partial charge in [-0.15, -0.1) is 0 Å². The number of aryl methyl sites for hydroxylation is 2. The Morgan fingerprint density at radius 1 is 0.618 bits per heavy atom. The van der Waals surface area contributed by atoms with Crippen LogP contribution in [0.2, 0.25) is 0 Å². The van der Waals surface area contributed by atoms with E-state index in [1.807, 2.05) is 48.5 Å². The third-order valence-corrected chi connectivity index (χ3v) is 6.17. The van der Waals surface area contributed by atoms with E-state index in [0.717, 1.165) is 12.8 Å². The van der Waals surface area contributed by atoms with Crippen molar-refractivity contribution in [2.24, 2.45) is 0 Å². The molecule has 34 heavy (non-hydrogen) atoms. The van der Waals surface area contributed by atoms with E-state index in [1.165, 1.54) is 88.2 Å². The van der Waals surface area contributed by atoms with E-state index < -0.39 is 12.3 Å². The summed E-state index contributed by atoms with van der Waals surface area (Å²) < 4.78 is 11.2. The van der Waals surface area contributed by atoms with Crippen molar-refractivity contribution in [3.8, 4) is 11.5 Å². The number of ether oxygens (including phenoxy) is 2. The summed E-state index contributed by atoms with van der Waals surface area (Å²) in [6, 6.07) is 15.4. The Bertz CT molecular complexity index is 721. The minimum absolute atomic E-state index is 0.499. The Labute approximate surface area is 206 Å². The Kier molecular flexibility index (Phi) is 13.9. The second-order valence-corrected chi connectivity index (χ2v) is 9.23. The number of hydrogen-bond acceptors (Lipinski definition) is 3. The lowest BCUT2D eigenvalue weighted by Gasteiger charge is -2.17. The molecule has 0 spiro atoms. The van der Waals surface area contributed by atoms with Gasteiger partial charge in [0.15, 0.2) is 0 Å². The first-order valence-electron chi connectivity index (χ1n) is 13.4. The maximum atomic E-state index is 11.7. The van der Waals surface area contributed by atoms with Crippen LogP contribution in [0, 0.1) is 0 Å². The third kappa shape index (κ3) is 11.6. The van der Waals surface area contributed by atoms with Gasteiger partial charge in [0.05, 0.1) is 0 Å². The largest absolute Gasteiger partial charge is 0.476 e. The van der Waals surface area contributed by atoms with Crippen LogP contribution in [0.3, 0.4) is 0 Å². The van der Waals surface area contributed by atoms with E-state index in [9.17, 15) is 9.90 Å². The molecule has 2 aromatic rings. The van der Waals surface area contributed by atoms with Gasteiger partial charge in [-0.05, 0) is 61.1 Å². The molecule has 0 aromatic heterocycles. The van der Waals surface area contributed by atoms with Crippen molar-refractivity contribution in [3.05, 3.63) is 59.7 Å². The fourth-order valence-corrected chi connectivity index (χ4v) is 4.06. The first-order chi connectivity index (χ1) is 16.6. The number of carboxylic acid groups (broad SMARTS) is 1. The Morgan fingerprint density at radius 2 is 0.971 bits per heavy atom. The van der Waals surface area contributed by atoms with E-state index in [2.05, 4.69) is 13.8 Å². The molecule has 0 fully saturated rings. The zero-order valence-corrected chi connectivity index (χ0v) is 21.3. The van der Waals surface area contributed by atoms with E-state index in [4.69, 9.17) is 9.47 Å². The number of carboxylic acids is 1.